The lowest BCUT2D eigenvalue weighted by atomic mass is 9.78. The van der Waals surface area contributed by atoms with Gasteiger partial charge in [0.05, 0.1) is 17.9 Å². The van der Waals surface area contributed by atoms with Gasteiger partial charge < -0.3 is 14.8 Å². The van der Waals surface area contributed by atoms with Crippen LogP contribution in [0, 0.1) is 23.2 Å². The summed E-state index contributed by atoms with van der Waals surface area (Å²) >= 11 is 0. The Balaban J connectivity index is 2.15. The fourth-order valence-electron chi connectivity index (χ4n) is 3.26. The Kier molecular flexibility index (Phi) is 7.05. The number of benzene rings is 1. The minimum absolute atomic E-state index is 0.154. The topological polar surface area (TPSA) is 71.3 Å². The first-order chi connectivity index (χ1) is 12.4. The highest BCUT2D eigenvalue weighted by Crippen LogP contribution is 2.36. The highest BCUT2D eigenvalue weighted by Gasteiger charge is 2.42. The fourth-order valence-corrected chi connectivity index (χ4v) is 3.26. The van der Waals surface area contributed by atoms with E-state index >= 15 is 0 Å². The van der Waals surface area contributed by atoms with Crippen LogP contribution in [-0.2, 0) is 9.53 Å². The van der Waals surface area contributed by atoms with Gasteiger partial charge in [-0.2, -0.15) is 5.26 Å². The molecule has 1 amide bonds. The molecular weight excluding hydrogens is 328 g/mol. The standard InChI is InChI=1S/C21H30N2O3/c1-5-26-21(10-8-16(4)9-11-21)20(24)23-19-7-6-18(12-17(19)13-22)25-14-15(2)3/h6-7,12,15-16H,5,8-11,14H2,1-4H3,(H,23,24). The molecule has 0 unspecified atom stereocenters. The molecule has 0 saturated heterocycles. The van der Waals surface area contributed by atoms with Crippen molar-refractivity contribution in [2.75, 3.05) is 18.5 Å². The Morgan fingerprint density at radius 1 is 1.38 bits per heavy atom. The second kappa shape index (κ2) is 9.05. The van der Waals surface area contributed by atoms with Crippen molar-refractivity contribution in [1.82, 2.24) is 0 Å². The van der Waals surface area contributed by atoms with E-state index in [1.165, 1.54) is 0 Å². The van der Waals surface area contributed by atoms with Crippen LogP contribution in [0.5, 0.6) is 5.75 Å². The van der Waals surface area contributed by atoms with Crippen LogP contribution < -0.4 is 10.1 Å². The summed E-state index contributed by atoms with van der Waals surface area (Å²) < 4.78 is 11.6. The van der Waals surface area contributed by atoms with E-state index in [0.29, 0.717) is 54.9 Å². The molecule has 142 valence electrons. The third-order valence-corrected chi connectivity index (χ3v) is 4.86. The van der Waals surface area contributed by atoms with E-state index in [0.717, 1.165) is 12.8 Å². The molecule has 0 bridgehead atoms. The Hall–Kier alpha value is -2.06. The number of nitriles is 1. The third kappa shape index (κ3) is 4.98. The van der Waals surface area contributed by atoms with Crippen LogP contribution in [0.4, 0.5) is 5.69 Å². The van der Waals surface area contributed by atoms with E-state index in [9.17, 15) is 10.1 Å². The lowest BCUT2D eigenvalue weighted by molar-refractivity contribution is -0.146. The Morgan fingerprint density at radius 2 is 2.08 bits per heavy atom. The predicted molar refractivity (Wildman–Crippen MR) is 102 cm³/mol. The second-order valence-electron chi connectivity index (χ2n) is 7.59. The van der Waals surface area contributed by atoms with Crippen LogP contribution in [-0.4, -0.2) is 24.7 Å². The highest BCUT2D eigenvalue weighted by molar-refractivity contribution is 5.98. The number of hydrogen-bond donors (Lipinski definition) is 1. The maximum Gasteiger partial charge on any atom is 0.256 e. The zero-order valence-electron chi connectivity index (χ0n) is 16.3. The molecule has 1 aromatic rings. The molecule has 26 heavy (non-hydrogen) atoms. The number of nitrogens with one attached hydrogen (secondary N) is 1. The van der Waals surface area contributed by atoms with E-state index < -0.39 is 5.60 Å². The quantitative estimate of drug-likeness (QED) is 0.778. The van der Waals surface area contributed by atoms with Gasteiger partial charge in [-0.3, -0.25) is 4.79 Å². The molecule has 0 aromatic heterocycles. The minimum atomic E-state index is -0.791. The molecule has 1 fully saturated rings. The van der Waals surface area contributed by atoms with Gasteiger partial charge in [-0.15, -0.1) is 0 Å². The van der Waals surface area contributed by atoms with Gasteiger partial charge in [-0.25, -0.2) is 0 Å². The number of anilines is 1. The number of amides is 1. The van der Waals surface area contributed by atoms with Crippen LogP contribution in [0.15, 0.2) is 18.2 Å². The van der Waals surface area contributed by atoms with Crippen molar-refractivity contribution in [2.24, 2.45) is 11.8 Å². The number of carbonyl (C=O) groups is 1. The largest absolute Gasteiger partial charge is 0.493 e. The van der Waals surface area contributed by atoms with Crippen molar-refractivity contribution in [3.05, 3.63) is 23.8 Å². The molecule has 0 aliphatic heterocycles. The van der Waals surface area contributed by atoms with Crippen molar-refractivity contribution in [1.29, 1.82) is 5.26 Å². The maximum absolute atomic E-state index is 13.0. The molecule has 0 spiro atoms. The monoisotopic (exact) mass is 358 g/mol. The van der Waals surface area contributed by atoms with E-state index in [2.05, 4.69) is 32.2 Å². The Morgan fingerprint density at radius 3 is 2.65 bits per heavy atom. The maximum atomic E-state index is 13.0. The van der Waals surface area contributed by atoms with Crippen LogP contribution in [0.1, 0.15) is 58.9 Å². The molecule has 1 aliphatic carbocycles. The number of nitrogens with zero attached hydrogens (tertiary/aromatic N) is 1. The SMILES string of the molecule is CCOC1(C(=O)Nc2ccc(OCC(C)C)cc2C#N)CCC(C)CC1. The first-order valence-electron chi connectivity index (χ1n) is 9.52. The van der Waals surface area contributed by atoms with Gasteiger partial charge in [-0.1, -0.05) is 20.8 Å². The summed E-state index contributed by atoms with van der Waals surface area (Å²) in [6.07, 6.45) is 3.37. The van der Waals surface area contributed by atoms with Gasteiger partial charge >= 0.3 is 0 Å². The van der Waals surface area contributed by atoms with E-state index in [-0.39, 0.29) is 5.91 Å². The minimum Gasteiger partial charge on any atom is -0.493 e. The van der Waals surface area contributed by atoms with Crippen molar-refractivity contribution < 1.29 is 14.3 Å². The van der Waals surface area contributed by atoms with Crippen LogP contribution in [0.25, 0.3) is 0 Å². The van der Waals surface area contributed by atoms with Crippen molar-refractivity contribution >= 4 is 11.6 Å². The molecule has 0 heterocycles. The van der Waals surface area contributed by atoms with E-state index in [1.807, 2.05) is 6.92 Å². The summed E-state index contributed by atoms with van der Waals surface area (Å²) in [6, 6.07) is 7.34. The first-order valence-corrected chi connectivity index (χ1v) is 9.52. The van der Waals surface area contributed by atoms with Crippen LogP contribution >= 0.6 is 0 Å². The summed E-state index contributed by atoms with van der Waals surface area (Å²) in [5, 5.41) is 12.4. The van der Waals surface area contributed by atoms with Gasteiger partial charge in [0.2, 0.25) is 0 Å². The normalized spacial score (nSPS) is 22.7. The first kappa shape index (κ1) is 20.3. The average Bonchev–Trinajstić information content (AvgIpc) is 2.63. The molecule has 2 rings (SSSR count). The summed E-state index contributed by atoms with van der Waals surface area (Å²) in [4.78, 5) is 13.0. The summed E-state index contributed by atoms with van der Waals surface area (Å²) in [5.41, 5.74) is 0.114. The van der Waals surface area contributed by atoms with Crippen LogP contribution in [0.2, 0.25) is 0 Å². The second-order valence-corrected chi connectivity index (χ2v) is 7.59. The zero-order valence-corrected chi connectivity index (χ0v) is 16.3. The average molecular weight is 358 g/mol. The van der Waals surface area contributed by atoms with Crippen molar-refractivity contribution in [2.45, 2.75) is 59.0 Å². The molecule has 1 saturated carbocycles. The number of rotatable bonds is 7. The van der Waals surface area contributed by atoms with Gasteiger partial charge in [0, 0.05) is 6.61 Å². The highest BCUT2D eigenvalue weighted by atomic mass is 16.5. The molecule has 5 heteroatoms. The van der Waals surface area contributed by atoms with Crippen molar-refractivity contribution in [3.8, 4) is 11.8 Å². The van der Waals surface area contributed by atoms with E-state index in [4.69, 9.17) is 9.47 Å². The summed E-state index contributed by atoms with van der Waals surface area (Å²) in [5.74, 6) is 1.50. The number of carbonyl (C=O) groups excluding carboxylic acids is 1. The molecule has 5 nitrogen and oxygen atoms in total. The third-order valence-electron chi connectivity index (χ3n) is 4.86. The molecule has 0 atom stereocenters. The number of hydrogen-bond acceptors (Lipinski definition) is 4. The Labute approximate surface area is 156 Å². The Bertz CT molecular complexity index is 656. The molecule has 1 aromatic carbocycles. The lowest BCUT2D eigenvalue weighted by Gasteiger charge is -2.37. The molecule has 0 radical (unpaired) electrons. The molecule has 1 N–H and O–H groups in total. The smallest absolute Gasteiger partial charge is 0.256 e. The summed E-state index contributed by atoms with van der Waals surface area (Å²) in [7, 11) is 0. The van der Waals surface area contributed by atoms with Crippen molar-refractivity contribution in [3.63, 3.8) is 0 Å². The van der Waals surface area contributed by atoms with Gasteiger partial charge in [-0.05, 0) is 62.6 Å². The predicted octanol–water partition coefficient (Wildman–Crippen LogP) is 4.52. The van der Waals surface area contributed by atoms with Gasteiger partial charge in [0.1, 0.15) is 17.4 Å². The lowest BCUT2D eigenvalue weighted by Crippen LogP contribution is -2.48. The molecule has 1 aliphatic rings. The van der Waals surface area contributed by atoms with Gasteiger partial charge in [0.15, 0.2) is 0 Å². The van der Waals surface area contributed by atoms with E-state index in [1.54, 1.807) is 18.2 Å². The zero-order chi connectivity index (χ0) is 19.2. The fraction of sp³-hybridized carbons (Fsp3) is 0.619. The number of ether oxygens (including phenoxy) is 2. The van der Waals surface area contributed by atoms with Crippen LogP contribution in [0.3, 0.4) is 0 Å². The summed E-state index contributed by atoms with van der Waals surface area (Å²) in [6.45, 7) is 9.33. The van der Waals surface area contributed by atoms with Gasteiger partial charge in [0.25, 0.3) is 5.91 Å². The molecular formula is C21H30N2O3.